The van der Waals surface area contributed by atoms with Gasteiger partial charge in [0.2, 0.25) is 0 Å². The Morgan fingerprint density at radius 1 is 1.32 bits per heavy atom. The zero-order chi connectivity index (χ0) is 15.2. The van der Waals surface area contributed by atoms with Crippen LogP contribution in [0, 0.1) is 0 Å². The summed E-state index contributed by atoms with van der Waals surface area (Å²) in [6.07, 6.45) is 2.67. The molecule has 0 amide bonds. The summed E-state index contributed by atoms with van der Waals surface area (Å²) in [7, 11) is 0. The number of hydrogen-bond donors (Lipinski definition) is 2. The van der Waals surface area contributed by atoms with Gasteiger partial charge in [0.25, 0.3) is 0 Å². The standard InChI is InChI=1S/C17H25N3OS/c1-2-18-17(20-10-16-4-3-7-22-16)19-9-13-5-6-14-11-21-12-15(14)8-13/h5-6,8,16H,2-4,7,9-12H2,1H3,(H2,18,19,20). The summed E-state index contributed by atoms with van der Waals surface area (Å²) in [4.78, 5) is 4.71. The molecule has 1 saturated heterocycles. The number of nitrogens with one attached hydrogen (secondary N) is 2. The predicted molar refractivity (Wildman–Crippen MR) is 93.2 cm³/mol. The number of hydrogen-bond acceptors (Lipinski definition) is 3. The molecular weight excluding hydrogens is 294 g/mol. The molecule has 5 heteroatoms. The number of ether oxygens (including phenoxy) is 1. The Labute approximate surface area is 137 Å². The van der Waals surface area contributed by atoms with Crippen molar-refractivity contribution >= 4 is 17.7 Å². The van der Waals surface area contributed by atoms with Crippen LogP contribution >= 0.6 is 11.8 Å². The zero-order valence-corrected chi connectivity index (χ0v) is 14.0. The molecular formula is C17H25N3OS. The molecule has 2 N–H and O–H groups in total. The van der Waals surface area contributed by atoms with Crippen LogP contribution in [0.25, 0.3) is 0 Å². The maximum atomic E-state index is 5.47. The fourth-order valence-electron chi connectivity index (χ4n) is 2.85. The van der Waals surface area contributed by atoms with E-state index in [1.807, 2.05) is 0 Å². The van der Waals surface area contributed by atoms with Gasteiger partial charge in [0.05, 0.1) is 19.8 Å². The minimum absolute atomic E-state index is 0.709. The number of benzene rings is 1. The molecule has 22 heavy (non-hydrogen) atoms. The van der Waals surface area contributed by atoms with Crippen LogP contribution in [0.4, 0.5) is 0 Å². The normalized spacial score (nSPS) is 21.0. The van der Waals surface area contributed by atoms with Crippen molar-refractivity contribution in [2.45, 2.75) is 44.8 Å². The van der Waals surface area contributed by atoms with Crippen molar-refractivity contribution in [3.8, 4) is 0 Å². The molecule has 0 aliphatic carbocycles. The average Bonchev–Trinajstić information content (AvgIpc) is 3.20. The summed E-state index contributed by atoms with van der Waals surface area (Å²) in [5.74, 6) is 2.23. The molecule has 1 fully saturated rings. The summed E-state index contributed by atoms with van der Waals surface area (Å²) >= 11 is 2.07. The van der Waals surface area contributed by atoms with E-state index in [0.717, 1.165) is 37.5 Å². The number of thioether (sulfide) groups is 1. The van der Waals surface area contributed by atoms with Gasteiger partial charge in [-0.05, 0) is 42.2 Å². The molecule has 1 unspecified atom stereocenters. The minimum atomic E-state index is 0.709. The average molecular weight is 319 g/mol. The van der Waals surface area contributed by atoms with Gasteiger partial charge in [-0.2, -0.15) is 11.8 Å². The summed E-state index contributed by atoms with van der Waals surface area (Å²) in [5.41, 5.74) is 3.88. The van der Waals surface area contributed by atoms with Gasteiger partial charge < -0.3 is 15.4 Å². The molecule has 1 atom stereocenters. The Hall–Kier alpha value is -1.20. The van der Waals surface area contributed by atoms with Crippen molar-refractivity contribution in [1.82, 2.24) is 10.6 Å². The second-order valence-corrected chi connectivity index (χ2v) is 7.22. The highest BCUT2D eigenvalue weighted by molar-refractivity contribution is 8.00. The second-order valence-electron chi connectivity index (χ2n) is 5.81. The molecule has 1 aromatic carbocycles. The molecule has 0 radical (unpaired) electrons. The lowest BCUT2D eigenvalue weighted by molar-refractivity contribution is 0.134. The van der Waals surface area contributed by atoms with Crippen LogP contribution in [0.3, 0.4) is 0 Å². The highest BCUT2D eigenvalue weighted by Gasteiger charge is 2.15. The van der Waals surface area contributed by atoms with E-state index in [1.54, 1.807) is 0 Å². The molecule has 2 heterocycles. The number of aliphatic imine (C=N–C) groups is 1. The minimum Gasteiger partial charge on any atom is -0.372 e. The van der Waals surface area contributed by atoms with Crippen molar-refractivity contribution in [2.24, 2.45) is 4.99 Å². The monoisotopic (exact) mass is 319 g/mol. The molecule has 0 saturated carbocycles. The van der Waals surface area contributed by atoms with Gasteiger partial charge in [0.1, 0.15) is 0 Å². The molecule has 3 rings (SSSR count). The van der Waals surface area contributed by atoms with Gasteiger partial charge in [-0.1, -0.05) is 18.2 Å². The third-order valence-electron chi connectivity index (χ3n) is 4.07. The van der Waals surface area contributed by atoms with E-state index in [0.29, 0.717) is 6.54 Å². The van der Waals surface area contributed by atoms with Crippen LogP contribution in [0.2, 0.25) is 0 Å². The Morgan fingerprint density at radius 2 is 2.23 bits per heavy atom. The molecule has 1 aromatic rings. The number of rotatable bonds is 5. The molecule has 0 aromatic heterocycles. The van der Waals surface area contributed by atoms with Gasteiger partial charge >= 0.3 is 0 Å². The summed E-state index contributed by atoms with van der Waals surface area (Å²) in [5, 5.41) is 7.55. The van der Waals surface area contributed by atoms with E-state index in [9.17, 15) is 0 Å². The van der Waals surface area contributed by atoms with Crippen molar-refractivity contribution < 1.29 is 4.74 Å². The third-order valence-corrected chi connectivity index (χ3v) is 5.47. The van der Waals surface area contributed by atoms with Crippen LogP contribution < -0.4 is 10.6 Å². The van der Waals surface area contributed by atoms with Crippen LogP contribution in [-0.4, -0.2) is 30.1 Å². The molecule has 120 valence electrons. The van der Waals surface area contributed by atoms with E-state index in [4.69, 9.17) is 9.73 Å². The maximum absolute atomic E-state index is 5.47. The molecule has 0 bridgehead atoms. The highest BCUT2D eigenvalue weighted by atomic mass is 32.2. The first-order valence-electron chi connectivity index (χ1n) is 8.17. The first-order chi connectivity index (χ1) is 10.8. The van der Waals surface area contributed by atoms with Crippen LogP contribution in [-0.2, 0) is 24.5 Å². The molecule has 2 aliphatic rings. The van der Waals surface area contributed by atoms with Crippen molar-refractivity contribution in [3.05, 3.63) is 34.9 Å². The second kappa shape index (κ2) is 7.88. The van der Waals surface area contributed by atoms with Crippen molar-refractivity contribution in [2.75, 3.05) is 18.8 Å². The largest absolute Gasteiger partial charge is 0.372 e. The lowest BCUT2D eigenvalue weighted by atomic mass is 10.1. The van der Waals surface area contributed by atoms with E-state index in [2.05, 4.69) is 47.5 Å². The van der Waals surface area contributed by atoms with E-state index in [-0.39, 0.29) is 0 Å². The summed E-state index contributed by atoms with van der Waals surface area (Å²) in [6.45, 7) is 6.21. The van der Waals surface area contributed by atoms with Crippen LogP contribution in [0.5, 0.6) is 0 Å². The summed E-state index contributed by atoms with van der Waals surface area (Å²) in [6, 6.07) is 6.55. The van der Waals surface area contributed by atoms with E-state index in [1.165, 1.54) is 35.3 Å². The number of nitrogens with zero attached hydrogens (tertiary/aromatic N) is 1. The van der Waals surface area contributed by atoms with Crippen molar-refractivity contribution in [3.63, 3.8) is 0 Å². The summed E-state index contributed by atoms with van der Waals surface area (Å²) < 4.78 is 5.47. The Bertz CT molecular complexity index is 527. The van der Waals surface area contributed by atoms with Gasteiger partial charge in [0.15, 0.2) is 5.96 Å². The number of fused-ring (bicyclic) bond motifs is 1. The van der Waals surface area contributed by atoms with Gasteiger partial charge in [0, 0.05) is 18.3 Å². The van der Waals surface area contributed by atoms with Crippen LogP contribution in [0.1, 0.15) is 36.5 Å². The fraction of sp³-hybridized carbons (Fsp3) is 0.588. The van der Waals surface area contributed by atoms with Crippen LogP contribution in [0.15, 0.2) is 23.2 Å². The van der Waals surface area contributed by atoms with Gasteiger partial charge in [-0.3, -0.25) is 0 Å². The van der Waals surface area contributed by atoms with Gasteiger partial charge in [-0.15, -0.1) is 0 Å². The first-order valence-corrected chi connectivity index (χ1v) is 9.22. The number of guanidine groups is 1. The third kappa shape index (κ3) is 4.17. The Kier molecular flexibility index (Phi) is 5.62. The zero-order valence-electron chi connectivity index (χ0n) is 13.2. The molecule has 2 aliphatic heterocycles. The Balaban J connectivity index is 1.57. The van der Waals surface area contributed by atoms with E-state index < -0.39 is 0 Å². The molecule has 0 spiro atoms. The smallest absolute Gasteiger partial charge is 0.191 e. The van der Waals surface area contributed by atoms with Crippen molar-refractivity contribution in [1.29, 1.82) is 0 Å². The topological polar surface area (TPSA) is 45.7 Å². The molecule has 4 nitrogen and oxygen atoms in total. The highest BCUT2D eigenvalue weighted by Crippen LogP contribution is 2.25. The lowest BCUT2D eigenvalue weighted by Gasteiger charge is -2.14. The first kappa shape index (κ1) is 15.7. The maximum Gasteiger partial charge on any atom is 0.191 e. The van der Waals surface area contributed by atoms with Gasteiger partial charge in [-0.25, -0.2) is 4.99 Å². The SMILES string of the molecule is CCNC(=NCc1ccc2c(c1)COC2)NCC1CCCS1. The Morgan fingerprint density at radius 3 is 3.05 bits per heavy atom. The predicted octanol–water partition coefficient (Wildman–Crippen LogP) is 2.67. The van der Waals surface area contributed by atoms with E-state index >= 15 is 0 Å². The quantitative estimate of drug-likeness (QED) is 0.647. The fourth-order valence-corrected chi connectivity index (χ4v) is 4.05. The lowest BCUT2D eigenvalue weighted by Crippen LogP contribution is -2.40.